The third-order valence-corrected chi connectivity index (χ3v) is 4.27. The summed E-state index contributed by atoms with van der Waals surface area (Å²) in [5.74, 6) is -0.533. The van der Waals surface area contributed by atoms with Gasteiger partial charge in [-0.1, -0.05) is 6.07 Å². The molecule has 0 aliphatic heterocycles. The van der Waals surface area contributed by atoms with E-state index in [-0.39, 0.29) is 22.6 Å². The highest BCUT2D eigenvalue weighted by Gasteiger charge is 2.21. The zero-order valence-electron chi connectivity index (χ0n) is 17.4. The molecule has 0 spiro atoms. The average molecular weight is 424 g/mol. The highest BCUT2D eigenvalue weighted by Crippen LogP contribution is 2.25. The Morgan fingerprint density at radius 1 is 1.06 bits per heavy atom. The van der Waals surface area contributed by atoms with Gasteiger partial charge in [0.1, 0.15) is 34.6 Å². The number of aryl methyl sites for hydroxylation is 2. The van der Waals surface area contributed by atoms with Gasteiger partial charge >= 0.3 is 0 Å². The van der Waals surface area contributed by atoms with Gasteiger partial charge in [0.15, 0.2) is 0 Å². The predicted octanol–water partition coefficient (Wildman–Crippen LogP) is 2.99. The monoisotopic (exact) mass is 424 g/mol. The van der Waals surface area contributed by atoms with Gasteiger partial charge in [-0.15, -0.1) is 0 Å². The van der Waals surface area contributed by atoms with Crippen LogP contribution in [0.5, 0.6) is 5.75 Å². The fraction of sp³-hybridized carbons (Fsp3) is 0.190. The zero-order chi connectivity index (χ0) is 22.5. The first-order valence-electron chi connectivity index (χ1n) is 9.27. The molecule has 0 bridgehead atoms. The lowest BCUT2D eigenvalue weighted by atomic mass is 10.1. The van der Waals surface area contributed by atoms with E-state index < -0.39 is 17.6 Å². The SMILES string of the molecule is CNC(=O)c1cnc(Nc2cc(C)nc(C)n2)cc1NC(=O)c1c(F)cccc1OC. The van der Waals surface area contributed by atoms with Gasteiger partial charge in [-0.25, -0.2) is 19.3 Å². The van der Waals surface area contributed by atoms with Gasteiger partial charge in [-0.3, -0.25) is 9.59 Å². The van der Waals surface area contributed by atoms with Crippen molar-refractivity contribution < 1.29 is 18.7 Å². The second-order valence-corrected chi connectivity index (χ2v) is 6.53. The summed E-state index contributed by atoms with van der Waals surface area (Å²) >= 11 is 0. The van der Waals surface area contributed by atoms with Crippen molar-refractivity contribution in [3.8, 4) is 5.75 Å². The van der Waals surface area contributed by atoms with Gasteiger partial charge in [0.2, 0.25) is 0 Å². The molecule has 0 aliphatic carbocycles. The molecule has 0 fully saturated rings. The lowest BCUT2D eigenvalue weighted by Crippen LogP contribution is -2.22. The molecular weight excluding hydrogens is 403 g/mol. The third-order valence-electron chi connectivity index (χ3n) is 4.27. The van der Waals surface area contributed by atoms with E-state index in [4.69, 9.17) is 4.74 Å². The summed E-state index contributed by atoms with van der Waals surface area (Å²) in [6.07, 6.45) is 1.30. The second-order valence-electron chi connectivity index (χ2n) is 6.53. The number of aromatic nitrogens is 3. The van der Waals surface area contributed by atoms with Gasteiger partial charge in [0.25, 0.3) is 11.8 Å². The average Bonchev–Trinajstić information content (AvgIpc) is 2.72. The van der Waals surface area contributed by atoms with Crippen LogP contribution in [0.4, 0.5) is 21.7 Å². The van der Waals surface area contributed by atoms with Crippen LogP contribution in [0, 0.1) is 19.7 Å². The van der Waals surface area contributed by atoms with Crippen LogP contribution in [0.25, 0.3) is 0 Å². The Balaban J connectivity index is 1.98. The number of carbonyl (C=O) groups is 2. The van der Waals surface area contributed by atoms with Crippen LogP contribution in [-0.4, -0.2) is 40.9 Å². The van der Waals surface area contributed by atoms with E-state index >= 15 is 0 Å². The van der Waals surface area contributed by atoms with Crippen molar-refractivity contribution in [3.63, 3.8) is 0 Å². The minimum Gasteiger partial charge on any atom is -0.496 e. The Morgan fingerprint density at radius 2 is 1.84 bits per heavy atom. The molecule has 0 unspecified atom stereocenters. The molecule has 31 heavy (non-hydrogen) atoms. The number of halogens is 1. The number of carbonyl (C=O) groups excluding carboxylic acids is 2. The van der Waals surface area contributed by atoms with Gasteiger partial charge < -0.3 is 20.7 Å². The van der Waals surface area contributed by atoms with Crippen LogP contribution in [0.15, 0.2) is 36.5 Å². The Labute approximate surface area is 178 Å². The number of hydrogen-bond acceptors (Lipinski definition) is 7. The number of nitrogens with zero attached hydrogens (tertiary/aromatic N) is 3. The number of methoxy groups -OCH3 is 1. The van der Waals surface area contributed by atoms with Crippen molar-refractivity contribution >= 4 is 29.1 Å². The maximum atomic E-state index is 14.3. The maximum Gasteiger partial charge on any atom is 0.262 e. The molecule has 3 N–H and O–H groups in total. The third kappa shape index (κ3) is 4.92. The lowest BCUT2D eigenvalue weighted by molar-refractivity contribution is 0.0963. The number of benzene rings is 1. The van der Waals surface area contributed by atoms with Crippen LogP contribution in [0.2, 0.25) is 0 Å². The van der Waals surface area contributed by atoms with Crippen molar-refractivity contribution in [2.75, 3.05) is 24.8 Å². The number of hydrogen-bond donors (Lipinski definition) is 3. The van der Waals surface area contributed by atoms with Crippen molar-refractivity contribution in [1.82, 2.24) is 20.3 Å². The van der Waals surface area contributed by atoms with Gasteiger partial charge in [0, 0.05) is 31.1 Å². The molecule has 160 valence electrons. The quantitative estimate of drug-likeness (QED) is 0.557. The molecular formula is C21H21FN6O3. The molecule has 9 nitrogen and oxygen atoms in total. The van der Waals surface area contributed by atoms with Crippen LogP contribution in [0.1, 0.15) is 32.2 Å². The molecule has 0 aliphatic rings. The molecule has 0 saturated heterocycles. The van der Waals surface area contributed by atoms with Gasteiger partial charge in [-0.05, 0) is 26.0 Å². The van der Waals surface area contributed by atoms with Crippen LogP contribution in [-0.2, 0) is 0 Å². The summed E-state index contributed by atoms with van der Waals surface area (Å²) in [6.45, 7) is 3.59. The van der Waals surface area contributed by atoms with E-state index in [9.17, 15) is 14.0 Å². The van der Waals surface area contributed by atoms with Gasteiger partial charge in [0.05, 0.1) is 18.4 Å². The summed E-state index contributed by atoms with van der Waals surface area (Å²) in [6, 6.07) is 7.24. The number of ether oxygens (including phenoxy) is 1. The summed E-state index contributed by atoms with van der Waals surface area (Å²) in [7, 11) is 2.79. The van der Waals surface area contributed by atoms with Gasteiger partial charge in [-0.2, -0.15) is 0 Å². The maximum absolute atomic E-state index is 14.3. The molecule has 2 amide bonds. The minimum absolute atomic E-state index is 0.0679. The van der Waals surface area contributed by atoms with Crippen LogP contribution >= 0.6 is 0 Å². The smallest absolute Gasteiger partial charge is 0.262 e. The molecule has 0 saturated carbocycles. The van der Waals surface area contributed by atoms with Crippen LogP contribution < -0.4 is 20.7 Å². The molecule has 0 atom stereocenters. The number of anilines is 3. The fourth-order valence-electron chi connectivity index (χ4n) is 2.93. The molecule has 3 rings (SSSR count). The van der Waals surface area contributed by atoms with E-state index in [0.29, 0.717) is 17.5 Å². The zero-order valence-corrected chi connectivity index (χ0v) is 17.4. The second kappa shape index (κ2) is 9.16. The highest BCUT2D eigenvalue weighted by molar-refractivity contribution is 6.10. The molecule has 1 aromatic carbocycles. The minimum atomic E-state index is -0.772. The largest absolute Gasteiger partial charge is 0.496 e. The van der Waals surface area contributed by atoms with Crippen LogP contribution in [0.3, 0.4) is 0 Å². The first-order chi connectivity index (χ1) is 14.8. The number of nitrogens with one attached hydrogen (secondary N) is 3. The predicted molar refractivity (Wildman–Crippen MR) is 113 cm³/mol. The molecule has 3 aromatic rings. The Kier molecular flexibility index (Phi) is 6.39. The fourth-order valence-corrected chi connectivity index (χ4v) is 2.93. The Bertz CT molecular complexity index is 1130. The van der Waals surface area contributed by atoms with E-state index in [2.05, 4.69) is 30.9 Å². The Hall–Kier alpha value is -4.08. The molecule has 2 aromatic heterocycles. The molecule has 10 heteroatoms. The standard InChI is InChI=1S/C21H21FN6O3/c1-11-8-18(26-12(2)25-11)28-17-9-15(13(10-24-17)20(29)23-3)27-21(30)19-14(22)6-5-7-16(19)31-4/h5-10H,1-4H3,(H,23,29)(H2,24,25,26,27,28,30). The van der Waals surface area contributed by atoms with Crippen molar-refractivity contribution in [1.29, 1.82) is 0 Å². The number of rotatable bonds is 6. The van der Waals surface area contributed by atoms with Crippen molar-refractivity contribution in [2.45, 2.75) is 13.8 Å². The number of amides is 2. The molecule has 2 heterocycles. The van der Waals surface area contributed by atoms with E-state index in [1.807, 2.05) is 6.92 Å². The Morgan fingerprint density at radius 3 is 2.52 bits per heavy atom. The summed E-state index contributed by atoms with van der Waals surface area (Å²) in [5.41, 5.74) is 0.722. The molecule has 0 radical (unpaired) electrons. The highest BCUT2D eigenvalue weighted by atomic mass is 19.1. The summed E-state index contributed by atoms with van der Waals surface area (Å²) < 4.78 is 19.4. The lowest BCUT2D eigenvalue weighted by Gasteiger charge is -2.14. The summed E-state index contributed by atoms with van der Waals surface area (Å²) in [4.78, 5) is 37.8. The van der Waals surface area contributed by atoms with Crippen molar-refractivity contribution in [3.05, 3.63) is 65.0 Å². The van der Waals surface area contributed by atoms with E-state index in [1.54, 1.807) is 13.0 Å². The summed E-state index contributed by atoms with van der Waals surface area (Å²) in [5, 5.41) is 8.07. The number of pyridine rings is 1. The van der Waals surface area contributed by atoms with E-state index in [1.165, 1.54) is 38.6 Å². The first kappa shape index (κ1) is 21.6. The first-order valence-corrected chi connectivity index (χ1v) is 9.27. The topological polar surface area (TPSA) is 118 Å². The normalized spacial score (nSPS) is 10.4. The van der Waals surface area contributed by atoms with Crippen molar-refractivity contribution in [2.24, 2.45) is 0 Å². The van der Waals surface area contributed by atoms with E-state index in [0.717, 1.165) is 11.8 Å².